The van der Waals surface area contributed by atoms with E-state index in [1.807, 2.05) is 0 Å². The first-order chi connectivity index (χ1) is 8.49. The lowest BCUT2D eigenvalue weighted by Gasteiger charge is -2.07. The summed E-state index contributed by atoms with van der Waals surface area (Å²) in [6.45, 7) is 2.89. The van der Waals surface area contributed by atoms with Crippen LogP contribution in [0.3, 0.4) is 0 Å². The fraction of sp³-hybridized carbons (Fsp3) is 0.273. The van der Waals surface area contributed by atoms with E-state index in [-0.39, 0.29) is 18.1 Å². The molecule has 0 radical (unpaired) electrons. The Morgan fingerprint density at radius 3 is 2.67 bits per heavy atom. The second-order valence-corrected chi connectivity index (χ2v) is 3.40. The molecule has 0 spiro atoms. The van der Waals surface area contributed by atoms with E-state index in [4.69, 9.17) is 21.0 Å². The number of aromatic nitrogens is 2. The molecule has 18 heavy (non-hydrogen) atoms. The number of nitriles is 2. The number of nitrogen functional groups attached to an aromatic ring is 1. The molecule has 0 bridgehead atoms. The number of hydrogen-bond acceptors (Lipinski definition) is 6. The number of rotatable bonds is 3. The molecular formula is C11H11N5O2. The molecule has 1 rings (SSSR count). The number of ether oxygens (including phenoxy) is 1. The highest BCUT2D eigenvalue weighted by Crippen LogP contribution is 2.17. The number of carbonyl (C=O) groups excluding carboxylic acids is 1. The van der Waals surface area contributed by atoms with Gasteiger partial charge in [0, 0.05) is 6.92 Å². The molecule has 0 aromatic carbocycles. The molecule has 0 fully saturated rings. The summed E-state index contributed by atoms with van der Waals surface area (Å²) in [4.78, 5) is 14.8. The summed E-state index contributed by atoms with van der Waals surface area (Å²) in [6.07, 6.45) is 1.30. The molecule has 7 heteroatoms. The number of hydrogen-bond donors (Lipinski definition) is 1. The number of nitrogens with zero attached hydrogens (tertiary/aromatic N) is 4. The number of aryl methyl sites for hydroxylation is 1. The molecule has 0 aliphatic heterocycles. The summed E-state index contributed by atoms with van der Waals surface area (Å²) in [5.41, 5.74) is 5.93. The first kappa shape index (κ1) is 13.3. The average Bonchev–Trinajstić information content (AvgIpc) is 2.58. The molecule has 2 N–H and O–H groups in total. The number of anilines is 1. The van der Waals surface area contributed by atoms with Crippen molar-refractivity contribution in [3.63, 3.8) is 0 Å². The molecular weight excluding hydrogens is 234 g/mol. The molecule has 0 aliphatic carbocycles. The summed E-state index contributed by atoms with van der Waals surface area (Å²) in [5, 5.41) is 17.4. The lowest BCUT2D eigenvalue weighted by Crippen LogP contribution is -2.09. The van der Waals surface area contributed by atoms with E-state index in [1.165, 1.54) is 17.6 Å². The number of carbonyl (C=O) groups is 1. The van der Waals surface area contributed by atoms with Crippen molar-refractivity contribution < 1.29 is 9.53 Å². The van der Waals surface area contributed by atoms with Crippen LogP contribution in [0.5, 0.6) is 0 Å². The summed E-state index contributed by atoms with van der Waals surface area (Å²) in [5.74, 6) is 0.246. The fourth-order valence-corrected chi connectivity index (χ4v) is 1.30. The minimum Gasteiger partial charge on any atom is -0.444 e. The molecule has 0 unspecified atom stereocenters. The summed E-state index contributed by atoms with van der Waals surface area (Å²) >= 11 is 0. The summed E-state index contributed by atoms with van der Waals surface area (Å²) in [6, 6.07) is 3.45. The molecule has 7 nitrogen and oxygen atoms in total. The number of imidazole rings is 1. The molecule has 1 heterocycles. The highest BCUT2D eigenvalue weighted by Gasteiger charge is 2.12. The topological polar surface area (TPSA) is 118 Å². The largest absolute Gasteiger partial charge is 0.444 e. The Labute approximate surface area is 104 Å². The Balaban J connectivity index is 3.19. The quantitative estimate of drug-likeness (QED) is 0.619. The van der Waals surface area contributed by atoms with Gasteiger partial charge in [0.15, 0.2) is 6.73 Å². The third-order valence-electron chi connectivity index (χ3n) is 2.14. The van der Waals surface area contributed by atoms with Gasteiger partial charge in [0.05, 0.1) is 5.69 Å². The van der Waals surface area contributed by atoms with Crippen LogP contribution in [0.25, 0.3) is 6.08 Å². The minimum atomic E-state index is -0.447. The highest BCUT2D eigenvalue weighted by atomic mass is 16.5. The van der Waals surface area contributed by atoms with Crippen molar-refractivity contribution >= 4 is 17.9 Å². The first-order valence-electron chi connectivity index (χ1n) is 4.97. The van der Waals surface area contributed by atoms with Gasteiger partial charge in [0.2, 0.25) is 0 Å². The Morgan fingerprint density at radius 2 is 2.17 bits per heavy atom. The zero-order valence-electron chi connectivity index (χ0n) is 9.97. The fourth-order valence-electron chi connectivity index (χ4n) is 1.30. The Hall–Kier alpha value is -2.80. The van der Waals surface area contributed by atoms with Crippen LogP contribution < -0.4 is 5.73 Å². The van der Waals surface area contributed by atoms with Crippen molar-refractivity contribution in [2.75, 3.05) is 5.73 Å². The van der Waals surface area contributed by atoms with Gasteiger partial charge in [-0.2, -0.15) is 10.5 Å². The third kappa shape index (κ3) is 2.86. The lowest BCUT2D eigenvalue weighted by molar-refractivity contribution is -0.144. The summed E-state index contributed by atoms with van der Waals surface area (Å²) < 4.78 is 6.35. The maximum atomic E-state index is 10.8. The van der Waals surface area contributed by atoms with Gasteiger partial charge in [0.1, 0.15) is 29.4 Å². The average molecular weight is 245 g/mol. The molecule has 0 aliphatic rings. The van der Waals surface area contributed by atoms with Crippen LogP contribution in [0.1, 0.15) is 18.4 Å². The molecule has 0 amide bonds. The van der Waals surface area contributed by atoms with Crippen molar-refractivity contribution in [3.8, 4) is 12.1 Å². The van der Waals surface area contributed by atoms with E-state index in [0.717, 1.165) is 0 Å². The second kappa shape index (κ2) is 5.51. The van der Waals surface area contributed by atoms with Crippen LogP contribution in [-0.4, -0.2) is 15.5 Å². The maximum Gasteiger partial charge on any atom is 0.304 e. The van der Waals surface area contributed by atoms with Crippen LogP contribution in [0.4, 0.5) is 5.82 Å². The Bertz CT molecular complexity index is 570. The van der Waals surface area contributed by atoms with Crippen LogP contribution in [0.15, 0.2) is 5.57 Å². The predicted octanol–water partition coefficient (Wildman–Crippen LogP) is 0.725. The SMILES string of the molecule is CC(=O)OCn1c(C)nc(N)c1C=C(C#N)C#N. The van der Waals surface area contributed by atoms with Crippen molar-refractivity contribution in [3.05, 3.63) is 17.1 Å². The van der Waals surface area contributed by atoms with Crippen LogP contribution in [-0.2, 0) is 16.3 Å². The molecule has 0 saturated carbocycles. The van der Waals surface area contributed by atoms with Gasteiger partial charge < -0.3 is 10.5 Å². The maximum absolute atomic E-state index is 10.8. The van der Waals surface area contributed by atoms with Crippen molar-refractivity contribution in [2.45, 2.75) is 20.6 Å². The van der Waals surface area contributed by atoms with Crippen molar-refractivity contribution in [1.29, 1.82) is 10.5 Å². The van der Waals surface area contributed by atoms with Gasteiger partial charge in [0.25, 0.3) is 0 Å². The highest BCUT2D eigenvalue weighted by molar-refractivity contribution is 5.67. The molecule has 92 valence electrons. The van der Waals surface area contributed by atoms with Gasteiger partial charge in [-0.1, -0.05) is 0 Å². The second-order valence-electron chi connectivity index (χ2n) is 3.40. The van der Waals surface area contributed by atoms with Crippen LogP contribution >= 0.6 is 0 Å². The molecule has 1 aromatic heterocycles. The number of esters is 1. The Morgan fingerprint density at radius 1 is 1.56 bits per heavy atom. The zero-order valence-corrected chi connectivity index (χ0v) is 9.97. The molecule has 1 aromatic rings. The molecule has 0 saturated heterocycles. The predicted molar refractivity (Wildman–Crippen MR) is 62.3 cm³/mol. The van der Waals surface area contributed by atoms with Gasteiger partial charge in [-0.05, 0) is 13.0 Å². The molecule has 0 atom stereocenters. The van der Waals surface area contributed by atoms with Gasteiger partial charge >= 0.3 is 5.97 Å². The van der Waals surface area contributed by atoms with Gasteiger partial charge in [-0.3, -0.25) is 9.36 Å². The Kier molecular flexibility index (Phi) is 4.06. The zero-order chi connectivity index (χ0) is 13.7. The van der Waals surface area contributed by atoms with E-state index in [9.17, 15) is 4.79 Å². The van der Waals surface area contributed by atoms with Crippen molar-refractivity contribution in [1.82, 2.24) is 9.55 Å². The van der Waals surface area contributed by atoms with Crippen LogP contribution in [0, 0.1) is 29.6 Å². The summed E-state index contributed by atoms with van der Waals surface area (Å²) in [7, 11) is 0. The lowest BCUT2D eigenvalue weighted by atomic mass is 10.2. The first-order valence-corrected chi connectivity index (χ1v) is 4.97. The van der Waals surface area contributed by atoms with E-state index in [0.29, 0.717) is 11.5 Å². The van der Waals surface area contributed by atoms with Gasteiger partial charge in [-0.15, -0.1) is 0 Å². The standard InChI is InChI=1S/C11H11N5O2/c1-7-15-11(14)10(3-9(4-12)5-13)16(7)6-18-8(2)17/h3H,6,14H2,1-2H3. The monoisotopic (exact) mass is 245 g/mol. The van der Waals surface area contributed by atoms with Crippen LogP contribution in [0.2, 0.25) is 0 Å². The number of nitrogens with two attached hydrogens (primary N) is 1. The van der Waals surface area contributed by atoms with E-state index < -0.39 is 5.97 Å². The van der Waals surface area contributed by atoms with Crippen molar-refractivity contribution in [2.24, 2.45) is 0 Å². The normalized spacial score (nSPS) is 9.11. The van der Waals surface area contributed by atoms with E-state index in [1.54, 1.807) is 19.1 Å². The van der Waals surface area contributed by atoms with E-state index in [2.05, 4.69) is 4.98 Å². The number of allylic oxidation sites excluding steroid dienone is 1. The third-order valence-corrected chi connectivity index (χ3v) is 2.14. The minimum absolute atomic E-state index is 0.0681. The van der Waals surface area contributed by atoms with E-state index >= 15 is 0 Å². The smallest absolute Gasteiger partial charge is 0.304 e. The van der Waals surface area contributed by atoms with Gasteiger partial charge in [-0.25, -0.2) is 4.98 Å².